The Labute approximate surface area is 222 Å². The normalized spacial score (nSPS) is 14.6. The van der Waals surface area contributed by atoms with E-state index < -0.39 is 0 Å². The molecule has 1 aliphatic heterocycles. The van der Waals surface area contributed by atoms with E-state index in [0.717, 1.165) is 33.3 Å². The molecule has 1 saturated heterocycles. The molecule has 3 N–H and O–H groups in total. The fraction of sp³-hybridized carbons (Fsp3) is 0.280. The van der Waals surface area contributed by atoms with Gasteiger partial charge >= 0.3 is 0 Å². The lowest BCUT2D eigenvalue weighted by Gasteiger charge is -2.32. The monoisotopic (exact) mass is 571 g/mol. The van der Waals surface area contributed by atoms with Gasteiger partial charge in [0.05, 0.1) is 16.2 Å². The number of likely N-dealkylation sites (tertiary alicyclic amines) is 1. The molecule has 0 atom stereocenters. The summed E-state index contributed by atoms with van der Waals surface area (Å²) >= 11 is 10.4. The fourth-order valence-electron chi connectivity index (χ4n) is 3.86. The number of halogens is 1. The quantitative estimate of drug-likeness (QED) is 0.221. The van der Waals surface area contributed by atoms with Crippen LogP contribution in [0.3, 0.4) is 0 Å². The molecular weight excluding hydrogens is 546 g/mol. The number of rotatable bonds is 6. The van der Waals surface area contributed by atoms with E-state index in [0.29, 0.717) is 36.0 Å². The molecule has 1 aromatic carbocycles. The summed E-state index contributed by atoms with van der Waals surface area (Å²) in [4.78, 5) is 19.4. The maximum atomic E-state index is 12.5. The lowest BCUT2D eigenvalue weighted by Crippen LogP contribution is -2.45. The predicted octanol–water partition coefficient (Wildman–Crippen LogP) is 4.91. The summed E-state index contributed by atoms with van der Waals surface area (Å²) in [7, 11) is 0. The van der Waals surface area contributed by atoms with E-state index in [1.807, 2.05) is 53.6 Å². The third-order valence-corrected chi connectivity index (χ3v) is 7.82. The second-order valence-electron chi connectivity index (χ2n) is 8.29. The van der Waals surface area contributed by atoms with E-state index in [9.17, 15) is 9.90 Å². The first kappa shape index (κ1) is 25.3. The highest BCUT2D eigenvalue weighted by molar-refractivity contribution is 9.10. The Morgan fingerprint density at radius 1 is 1.29 bits per heavy atom. The molecule has 1 aliphatic rings. The van der Waals surface area contributed by atoms with Crippen molar-refractivity contribution >= 4 is 56.2 Å². The van der Waals surface area contributed by atoms with Crippen molar-refractivity contribution < 1.29 is 9.90 Å². The lowest BCUT2D eigenvalue weighted by atomic mass is 9.96. The fourth-order valence-corrected chi connectivity index (χ4v) is 5.36. The van der Waals surface area contributed by atoms with E-state index in [4.69, 9.17) is 12.2 Å². The molecule has 35 heavy (non-hydrogen) atoms. The number of hydrazone groups is 1. The Morgan fingerprint density at radius 2 is 2.03 bits per heavy atom. The second kappa shape index (κ2) is 11.7. The van der Waals surface area contributed by atoms with E-state index in [-0.39, 0.29) is 17.6 Å². The maximum absolute atomic E-state index is 12.5. The Hall–Kier alpha value is -2.82. The van der Waals surface area contributed by atoms with Gasteiger partial charge in [-0.3, -0.25) is 15.2 Å². The van der Waals surface area contributed by atoms with Gasteiger partial charge in [0.25, 0.3) is 0 Å². The van der Waals surface area contributed by atoms with Crippen LogP contribution in [0.25, 0.3) is 10.4 Å². The van der Waals surface area contributed by atoms with Gasteiger partial charge in [-0.15, -0.1) is 11.3 Å². The minimum absolute atomic E-state index is 0.0317. The zero-order chi connectivity index (χ0) is 24.8. The van der Waals surface area contributed by atoms with Crippen molar-refractivity contribution in [2.24, 2.45) is 11.0 Å². The van der Waals surface area contributed by atoms with Gasteiger partial charge in [0, 0.05) is 47.8 Å². The van der Waals surface area contributed by atoms with Gasteiger partial charge in [0.2, 0.25) is 5.91 Å². The van der Waals surface area contributed by atoms with Crippen LogP contribution in [0, 0.1) is 5.92 Å². The number of benzene rings is 1. The van der Waals surface area contributed by atoms with Crippen LogP contribution in [0.15, 0.2) is 63.7 Å². The first-order valence-corrected chi connectivity index (χ1v) is 13.3. The van der Waals surface area contributed by atoms with Crippen LogP contribution >= 0.6 is 39.5 Å². The molecule has 3 aromatic rings. The number of carbonyl (C=O) groups is 1. The van der Waals surface area contributed by atoms with Gasteiger partial charge in [-0.2, -0.15) is 5.10 Å². The van der Waals surface area contributed by atoms with Crippen molar-refractivity contribution in [2.45, 2.75) is 26.3 Å². The summed E-state index contributed by atoms with van der Waals surface area (Å²) in [6.07, 6.45) is 4.93. The Bertz CT molecular complexity index is 1210. The third-order valence-electron chi connectivity index (χ3n) is 5.92. The van der Waals surface area contributed by atoms with Gasteiger partial charge in [0.1, 0.15) is 5.75 Å². The van der Waals surface area contributed by atoms with Gasteiger partial charge in [-0.1, -0.05) is 34.1 Å². The van der Waals surface area contributed by atoms with Crippen molar-refractivity contribution in [3.05, 3.63) is 69.8 Å². The molecule has 0 saturated carbocycles. The SMILES string of the molecule is C/C(=N\NC(=S)N1CCC(C(=O)NCc2cccnc2)CC1)c1csc(-c2ccc(Br)cc2)c1O. The molecule has 0 bridgehead atoms. The summed E-state index contributed by atoms with van der Waals surface area (Å²) in [5.74, 6) is 0.246. The van der Waals surface area contributed by atoms with Crippen LogP contribution < -0.4 is 10.7 Å². The predicted molar refractivity (Wildman–Crippen MR) is 147 cm³/mol. The smallest absolute Gasteiger partial charge is 0.223 e. The number of thiophene rings is 1. The number of thiocarbonyl (C=S) groups is 1. The second-order valence-corrected chi connectivity index (χ2v) is 10.5. The summed E-state index contributed by atoms with van der Waals surface area (Å²) in [5.41, 5.74) is 6.20. The van der Waals surface area contributed by atoms with Crippen LogP contribution in [0.2, 0.25) is 0 Å². The largest absolute Gasteiger partial charge is 0.506 e. The molecule has 0 spiro atoms. The number of nitrogens with one attached hydrogen (secondary N) is 2. The topological polar surface area (TPSA) is 89.9 Å². The highest BCUT2D eigenvalue weighted by Crippen LogP contribution is 2.39. The molecule has 0 unspecified atom stereocenters. The zero-order valence-electron chi connectivity index (χ0n) is 19.2. The number of piperidine rings is 1. The van der Waals surface area contributed by atoms with Crippen LogP contribution in [0.1, 0.15) is 30.9 Å². The van der Waals surface area contributed by atoms with Crippen molar-refractivity contribution in [3.8, 4) is 16.2 Å². The number of hydrogen-bond donors (Lipinski definition) is 3. The molecule has 1 fully saturated rings. The van der Waals surface area contributed by atoms with E-state index in [2.05, 4.69) is 36.8 Å². The van der Waals surface area contributed by atoms with Crippen LogP contribution in [-0.2, 0) is 11.3 Å². The molecule has 4 rings (SSSR count). The van der Waals surface area contributed by atoms with Gasteiger partial charge in [0.15, 0.2) is 5.11 Å². The number of hydrogen-bond acceptors (Lipinski definition) is 6. The Kier molecular flexibility index (Phi) is 8.48. The molecule has 2 aromatic heterocycles. The average Bonchev–Trinajstić information content (AvgIpc) is 3.28. The molecule has 7 nitrogen and oxygen atoms in total. The minimum atomic E-state index is -0.0317. The van der Waals surface area contributed by atoms with Gasteiger partial charge < -0.3 is 15.3 Å². The number of aromatic nitrogens is 1. The lowest BCUT2D eigenvalue weighted by molar-refractivity contribution is -0.126. The highest BCUT2D eigenvalue weighted by Gasteiger charge is 2.26. The van der Waals surface area contributed by atoms with Crippen molar-refractivity contribution in [2.75, 3.05) is 13.1 Å². The highest BCUT2D eigenvalue weighted by atomic mass is 79.9. The Balaban J connectivity index is 1.28. The van der Waals surface area contributed by atoms with Gasteiger partial charge in [-0.05, 0) is 61.3 Å². The average molecular weight is 573 g/mol. The van der Waals surface area contributed by atoms with Crippen LogP contribution in [0.4, 0.5) is 0 Å². The number of aromatic hydroxyl groups is 1. The van der Waals surface area contributed by atoms with Crippen molar-refractivity contribution in [1.29, 1.82) is 0 Å². The summed E-state index contributed by atoms with van der Waals surface area (Å²) in [6.45, 7) is 3.69. The number of pyridine rings is 1. The van der Waals surface area contributed by atoms with Crippen LogP contribution in [0.5, 0.6) is 5.75 Å². The summed E-state index contributed by atoms with van der Waals surface area (Å²) in [6, 6.07) is 11.6. The van der Waals surface area contributed by atoms with Crippen molar-refractivity contribution in [3.63, 3.8) is 0 Å². The standard InChI is InChI=1S/C25H26BrN5O2S2/c1-16(21-15-35-23(22(21)32)18-4-6-20(26)7-5-18)29-30-25(34)31-11-8-19(9-12-31)24(33)28-14-17-3-2-10-27-13-17/h2-7,10,13,15,19,32H,8-9,11-12,14H2,1H3,(H,28,33)(H,30,34)/b29-16+. The molecule has 10 heteroatoms. The summed E-state index contributed by atoms with van der Waals surface area (Å²) in [5, 5.41) is 20.6. The van der Waals surface area contributed by atoms with Crippen LogP contribution in [-0.4, -0.2) is 44.8 Å². The molecular formula is C25H26BrN5O2S2. The minimum Gasteiger partial charge on any atom is -0.506 e. The zero-order valence-corrected chi connectivity index (χ0v) is 22.4. The molecule has 182 valence electrons. The molecule has 0 radical (unpaired) electrons. The van der Waals surface area contributed by atoms with E-state index >= 15 is 0 Å². The number of carbonyl (C=O) groups excluding carboxylic acids is 1. The maximum Gasteiger partial charge on any atom is 0.223 e. The first-order chi connectivity index (χ1) is 16.9. The molecule has 3 heterocycles. The third kappa shape index (κ3) is 6.45. The number of nitrogens with zero attached hydrogens (tertiary/aromatic N) is 3. The molecule has 0 aliphatic carbocycles. The van der Waals surface area contributed by atoms with Gasteiger partial charge in [-0.25, -0.2) is 0 Å². The van der Waals surface area contributed by atoms with E-state index in [1.165, 1.54) is 11.3 Å². The molecule has 1 amide bonds. The first-order valence-electron chi connectivity index (χ1n) is 11.2. The van der Waals surface area contributed by atoms with Crippen molar-refractivity contribution in [1.82, 2.24) is 20.6 Å². The number of amides is 1. The summed E-state index contributed by atoms with van der Waals surface area (Å²) < 4.78 is 0.988. The Morgan fingerprint density at radius 3 is 2.71 bits per heavy atom. The van der Waals surface area contributed by atoms with E-state index in [1.54, 1.807) is 12.4 Å².